The first-order chi connectivity index (χ1) is 5.95. The first-order valence-electron chi connectivity index (χ1n) is 3.91. The number of hydrogen-bond acceptors (Lipinski definition) is 1. The van der Waals surface area contributed by atoms with Gasteiger partial charge in [-0.3, -0.25) is 4.79 Å². The van der Waals surface area contributed by atoms with Crippen molar-refractivity contribution in [2.45, 2.75) is 20.8 Å². The third-order valence-corrected chi connectivity index (χ3v) is 3.48. The molecule has 0 aliphatic rings. The molecule has 13 heavy (non-hydrogen) atoms. The summed E-state index contributed by atoms with van der Waals surface area (Å²) in [4.78, 5) is 11.1. The average Bonchev–Trinajstić information content (AvgIpc) is 1.99. The molecule has 0 unspecified atom stereocenters. The molecule has 70 valence electrons. The molecule has 0 N–H and O–H groups in total. The van der Waals surface area contributed by atoms with Crippen molar-refractivity contribution in [1.82, 2.24) is 0 Å². The monoisotopic (exact) mass is 260 g/mol. The van der Waals surface area contributed by atoms with Gasteiger partial charge >= 0.3 is 0 Å². The van der Waals surface area contributed by atoms with E-state index in [0.717, 1.165) is 21.2 Å². The maximum absolute atomic E-state index is 11.1. The summed E-state index contributed by atoms with van der Waals surface area (Å²) in [6.07, 6.45) is 0. The molecule has 0 fully saturated rings. The lowest BCUT2D eigenvalue weighted by molar-refractivity contribution is 0.108. The molecule has 3 heteroatoms. The molecule has 0 amide bonds. The van der Waals surface area contributed by atoms with Crippen molar-refractivity contribution in [3.63, 3.8) is 0 Å². The molecule has 0 radical (unpaired) electrons. The summed E-state index contributed by atoms with van der Waals surface area (Å²) in [5.41, 5.74) is 3.58. The molecule has 0 heterocycles. The molecule has 0 aromatic heterocycles. The minimum absolute atomic E-state index is 0.393. The van der Waals surface area contributed by atoms with Crippen molar-refractivity contribution in [2.75, 3.05) is 0 Å². The van der Waals surface area contributed by atoms with Gasteiger partial charge in [-0.2, -0.15) is 0 Å². The fourth-order valence-electron chi connectivity index (χ4n) is 1.46. The summed E-state index contributed by atoms with van der Waals surface area (Å²) in [6, 6.07) is 1.95. The van der Waals surface area contributed by atoms with Gasteiger partial charge in [0, 0.05) is 10.0 Å². The number of rotatable bonds is 1. The van der Waals surface area contributed by atoms with E-state index >= 15 is 0 Å². The zero-order valence-electron chi connectivity index (χ0n) is 7.74. The Hall–Kier alpha value is -0.340. The Bertz CT molecular complexity index is 372. The summed E-state index contributed by atoms with van der Waals surface area (Å²) in [5, 5.41) is -0.393. The Morgan fingerprint density at radius 3 is 2.31 bits per heavy atom. The Labute approximate surface area is 91.2 Å². The number of benzene rings is 1. The quantitative estimate of drug-likeness (QED) is 0.704. The number of halogens is 2. The molecule has 0 aliphatic carbocycles. The van der Waals surface area contributed by atoms with Crippen LogP contribution in [0.3, 0.4) is 0 Å². The third kappa shape index (κ3) is 1.94. The van der Waals surface area contributed by atoms with Crippen LogP contribution in [-0.4, -0.2) is 5.24 Å². The van der Waals surface area contributed by atoms with Crippen LogP contribution in [0, 0.1) is 20.8 Å². The largest absolute Gasteiger partial charge is 0.276 e. The van der Waals surface area contributed by atoms with E-state index in [1.807, 2.05) is 26.8 Å². The summed E-state index contributed by atoms with van der Waals surface area (Å²) in [7, 11) is 0. The molecule has 0 saturated heterocycles. The molecule has 0 saturated carbocycles. The number of carbonyl (C=O) groups excluding carboxylic acids is 1. The maximum Gasteiger partial charge on any atom is 0.252 e. The predicted octanol–water partition coefficient (Wildman–Crippen LogP) is 3.75. The van der Waals surface area contributed by atoms with Gasteiger partial charge in [-0.05, 0) is 49.1 Å². The first kappa shape index (κ1) is 10.7. The zero-order valence-corrected chi connectivity index (χ0v) is 10.1. The molecular formula is C10H10BrClO. The minimum Gasteiger partial charge on any atom is -0.276 e. The van der Waals surface area contributed by atoms with Crippen molar-refractivity contribution in [3.8, 4) is 0 Å². The van der Waals surface area contributed by atoms with Crippen molar-refractivity contribution in [2.24, 2.45) is 0 Å². The Morgan fingerprint density at radius 2 is 1.85 bits per heavy atom. The van der Waals surface area contributed by atoms with Crippen LogP contribution in [0.15, 0.2) is 10.5 Å². The highest BCUT2D eigenvalue weighted by atomic mass is 79.9. The second kappa shape index (κ2) is 3.81. The van der Waals surface area contributed by atoms with Crippen LogP contribution in [0.5, 0.6) is 0 Å². The molecule has 1 aromatic rings. The van der Waals surface area contributed by atoms with Gasteiger partial charge in [-0.25, -0.2) is 0 Å². The predicted molar refractivity (Wildman–Crippen MR) is 58.5 cm³/mol. The molecular weight excluding hydrogens is 251 g/mol. The van der Waals surface area contributed by atoms with Gasteiger partial charge in [0.15, 0.2) is 0 Å². The minimum atomic E-state index is -0.393. The average molecular weight is 262 g/mol. The number of aryl methyl sites for hydroxylation is 2. The van der Waals surface area contributed by atoms with Crippen LogP contribution < -0.4 is 0 Å². The fraction of sp³-hybridized carbons (Fsp3) is 0.300. The molecule has 0 atom stereocenters. The van der Waals surface area contributed by atoms with Gasteiger partial charge in [0.1, 0.15) is 0 Å². The summed E-state index contributed by atoms with van der Waals surface area (Å²) in [5.74, 6) is 0. The number of carbonyl (C=O) groups is 1. The summed E-state index contributed by atoms with van der Waals surface area (Å²) < 4.78 is 0.960. The van der Waals surface area contributed by atoms with E-state index in [4.69, 9.17) is 11.6 Å². The van der Waals surface area contributed by atoms with Crippen LogP contribution in [0.1, 0.15) is 27.0 Å². The van der Waals surface area contributed by atoms with Crippen LogP contribution in [0.4, 0.5) is 0 Å². The van der Waals surface area contributed by atoms with Gasteiger partial charge in [0.2, 0.25) is 0 Å². The molecule has 0 spiro atoms. The van der Waals surface area contributed by atoms with Gasteiger partial charge in [0.25, 0.3) is 5.24 Å². The number of hydrogen-bond donors (Lipinski definition) is 0. The highest BCUT2D eigenvalue weighted by Gasteiger charge is 2.13. The fourth-order valence-corrected chi connectivity index (χ4v) is 2.07. The van der Waals surface area contributed by atoms with E-state index in [1.165, 1.54) is 0 Å². The second-order valence-corrected chi connectivity index (χ2v) is 4.23. The zero-order chi connectivity index (χ0) is 10.2. The van der Waals surface area contributed by atoms with E-state index in [1.54, 1.807) is 0 Å². The second-order valence-electron chi connectivity index (χ2n) is 3.10. The van der Waals surface area contributed by atoms with Crippen molar-refractivity contribution < 1.29 is 4.79 Å². The van der Waals surface area contributed by atoms with Crippen LogP contribution in [0.25, 0.3) is 0 Å². The lowest BCUT2D eigenvalue weighted by atomic mass is 10.0. The lowest BCUT2D eigenvalue weighted by Crippen LogP contribution is -1.99. The molecule has 1 rings (SSSR count). The molecule has 1 nitrogen and oxygen atoms in total. The van der Waals surface area contributed by atoms with Crippen molar-refractivity contribution in [1.29, 1.82) is 0 Å². The van der Waals surface area contributed by atoms with Gasteiger partial charge < -0.3 is 0 Å². The smallest absolute Gasteiger partial charge is 0.252 e. The van der Waals surface area contributed by atoms with Crippen molar-refractivity contribution in [3.05, 3.63) is 32.8 Å². The lowest BCUT2D eigenvalue weighted by Gasteiger charge is -2.09. The standard InChI is InChI=1S/C10H10BrClO/c1-5-4-6(2)9(11)7(3)8(5)10(12)13/h4H,1-3H3. The van der Waals surface area contributed by atoms with Gasteiger partial charge in [-0.15, -0.1) is 0 Å². The van der Waals surface area contributed by atoms with Crippen LogP contribution in [-0.2, 0) is 0 Å². The van der Waals surface area contributed by atoms with E-state index in [-0.39, 0.29) is 0 Å². The normalized spacial score (nSPS) is 10.2. The molecule has 0 aliphatic heterocycles. The summed E-state index contributed by atoms with van der Waals surface area (Å²) in [6.45, 7) is 5.77. The highest BCUT2D eigenvalue weighted by molar-refractivity contribution is 9.10. The topological polar surface area (TPSA) is 17.1 Å². The Balaban J connectivity index is 3.53. The van der Waals surface area contributed by atoms with Crippen LogP contribution in [0.2, 0.25) is 0 Å². The summed E-state index contributed by atoms with van der Waals surface area (Å²) >= 11 is 8.90. The van der Waals surface area contributed by atoms with E-state index in [0.29, 0.717) is 5.56 Å². The van der Waals surface area contributed by atoms with E-state index < -0.39 is 5.24 Å². The van der Waals surface area contributed by atoms with Gasteiger partial charge in [0.05, 0.1) is 0 Å². The van der Waals surface area contributed by atoms with Crippen molar-refractivity contribution >= 4 is 32.8 Å². The maximum atomic E-state index is 11.1. The highest BCUT2D eigenvalue weighted by Crippen LogP contribution is 2.27. The van der Waals surface area contributed by atoms with E-state index in [2.05, 4.69) is 15.9 Å². The van der Waals surface area contributed by atoms with Crippen LogP contribution >= 0.6 is 27.5 Å². The first-order valence-corrected chi connectivity index (χ1v) is 5.08. The Morgan fingerprint density at radius 1 is 1.31 bits per heavy atom. The third-order valence-electron chi connectivity index (χ3n) is 2.07. The van der Waals surface area contributed by atoms with Gasteiger partial charge in [-0.1, -0.05) is 22.0 Å². The molecule has 0 bridgehead atoms. The SMILES string of the molecule is Cc1cc(C)c(C(=O)Cl)c(C)c1Br. The van der Waals surface area contributed by atoms with E-state index in [9.17, 15) is 4.79 Å². The molecule has 1 aromatic carbocycles. The Kier molecular flexibility index (Phi) is 3.14.